The van der Waals surface area contributed by atoms with Crippen LogP contribution in [0.15, 0.2) is 12.7 Å². The summed E-state index contributed by atoms with van der Waals surface area (Å²) in [5.41, 5.74) is 0. The summed E-state index contributed by atoms with van der Waals surface area (Å²) >= 11 is 0. The monoisotopic (exact) mass is 166 g/mol. The highest BCUT2D eigenvalue weighted by atomic mass is 35.5. The van der Waals surface area contributed by atoms with Crippen LogP contribution in [-0.4, -0.2) is 23.8 Å². The number of hydrogen-bond donors (Lipinski definition) is 1. The van der Waals surface area contributed by atoms with E-state index in [-0.39, 0.29) is 19.0 Å². The summed E-state index contributed by atoms with van der Waals surface area (Å²) in [7, 11) is 0. The van der Waals surface area contributed by atoms with Gasteiger partial charge in [0, 0.05) is 0 Å². The average Bonchev–Trinajstić information content (AvgIpc) is 1.82. The molecule has 0 spiro atoms. The van der Waals surface area contributed by atoms with Gasteiger partial charge in [-0.25, -0.2) is 4.79 Å². The first-order valence-electron chi connectivity index (χ1n) is 2.63. The lowest BCUT2D eigenvalue weighted by molar-refractivity contribution is -0.148. The third-order valence-corrected chi connectivity index (χ3v) is 0.812. The molecule has 4 heteroatoms. The molecular formula is C6H11ClO3. The smallest absolute Gasteiger partial charge is 0.332 e. The van der Waals surface area contributed by atoms with Crippen LogP contribution >= 0.6 is 12.4 Å². The fourth-order valence-electron chi connectivity index (χ4n) is 0.284. The number of aliphatic carboxylic acids is 1. The molecule has 0 saturated carbocycles. The van der Waals surface area contributed by atoms with Crippen molar-refractivity contribution in [3.8, 4) is 0 Å². The van der Waals surface area contributed by atoms with Gasteiger partial charge in [0.15, 0.2) is 6.10 Å². The van der Waals surface area contributed by atoms with E-state index in [4.69, 9.17) is 9.84 Å². The van der Waals surface area contributed by atoms with Crippen molar-refractivity contribution in [1.82, 2.24) is 0 Å². The average molecular weight is 167 g/mol. The Morgan fingerprint density at radius 2 is 2.40 bits per heavy atom. The Bertz CT molecular complexity index is 114. The van der Waals surface area contributed by atoms with Crippen LogP contribution in [0.25, 0.3) is 0 Å². The third-order valence-electron chi connectivity index (χ3n) is 0.812. The van der Waals surface area contributed by atoms with Crippen LogP contribution in [0.1, 0.15) is 6.92 Å². The van der Waals surface area contributed by atoms with Crippen molar-refractivity contribution >= 4 is 18.4 Å². The topological polar surface area (TPSA) is 46.5 Å². The molecular weight excluding hydrogens is 156 g/mol. The van der Waals surface area contributed by atoms with Crippen molar-refractivity contribution in [3.05, 3.63) is 12.7 Å². The first-order valence-corrected chi connectivity index (χ1v) is 2.63. The summed E-state index contributed by atoms with van der Waals surface area (Å²) in [6, 6.07) is 0. The normalized spacial score (nSPS) is 11.3. The van der Waals surface area contributed by atoms with Crippen LogP contribution in [0.3, 0.4) is 0 Å². The molecule has 0 amide bonds. The predicted octanol–water partition coefficient (Wildman–Crippen LogP) is 1.08. The molecule has 1 unspecified atom stereocenters. The summed E-state index contributed by atoms with van der Waals surface area (Å²) in [6.45, 7) is 5.14. The maximum absolute atomic E-state index is 10.0. The molecule has 10 heavy (non-hydrogen) atoms. The SMILES string of the molecule is C=CCOC(C)C(=O)O.Cl. The van der Waals surface area contributed by atoms with E-state index < -0.39 is 12.1 Å². The molecule has 1 atom stereocenters. The highest BCUT2D eigenvalue weighted by Gasteiger charge is 2.08. The van der Waals surface area contributed by atoms with E-state index in [1.54, 1.807) is 0 Å². The first kappa shape index (κ1) is 12.2. The van der Waals surface area contributed by atoms with Gasteiger partial charge >= 0.3 is 5.97 Å². The van der Waals surface area contributed by atoms with Crippen molar-refractivity contribution in [3.63, 3.8) is 0 Å². The minimum Gasteiger partial charge on any atom is -0.479 e. The molecule has 0 aliphatic carbocycles. The van der Waals surface area contributed by atoms with E-state index in [1.165, 1.54) is 13.0 Å². The number of carboxylic acid groups (broad SMARTS) is 1. The van der Waals surface area contributed by atoms with Crippen LogP contribution in [-0.2, 0) is 9.53 Å². The Morgan fingerprint density at radius 1 is 1.90 bits per heavy atom. The van der Waals surface area contributed by atoms with Crippen LogP contribution in [0.5, 0.6) is 0 Å². The van der Waals surface area contributed by atoms with E-state index in [9.17, 15) is 4.79 Å². The van der Waals surface area contributed by atoms with E-state index in [1.807, 2.05) is 0 Å². The number of ether oxygens (including phenoxy) is 1. The van der Waals surface area contributed by atoms with Crippen molar-refractivity contribution in [2.45, 2.75) is 13.0 Å². The first-order chi connectivity index (χ1) is 4.18. The fraction of sp³-hybridized carbons (Fsp3) is 0.500. The summed E-state index contributed by atoms with van der Waals surface area (Å²) in [4.78, 5) is 10.0. The van der Waals surface area contributed by atoms with Gasteiger partial charge in [-0.1, -0.05) is 6.08 Å². The van der Waals surface area contributed by atoms with Gasteiger partial charge in [-0.3, -0.25) is 0 Å². The highest BCUT2D eigenvalue weighted by Crippen LogP contribution is 1.88. The minimum atomic E-state index is -0.947. The summed E-state index contributed by atoms with van der Waals surface area (Å²) in [6.07, 6.45) is 0.780. The molecule has 0 bridgehead atoms. The van der Waals surface area contributed by atoms with Crippen molar-refractivity contribution in [1.29, 1.82) is 0 Å². The molecule has 0 aromatic heterocycles. The second-order valence-corrected chi connectivity index (χ2v) is 1.60. The number of hydrogen-bond acceptors (Lipinski definition) is 2. The zero-order valence-corrected chi connectivity index (χ0v) is 6.56. The van der Waals surface area contributed by atoms with E-state index in [0.29, 0.717) is 0 Å². The molecule has 0 aromatic carbocycles. The van der Waals surface area contributed by atoms with Crippen molar-refractivity contribution < 1.29 is 14.6 Å². The van der Waals surface area contributed by atoms with E-state index in [2.05, 4.69) is 6.58 Å². The lowest BCUT2D eigenvalue weighted by Gasteiger charge is -2.03. The second-order valence-electron chi connectivity index (χ2n) is 1.60. The second kappa shape index (κ2) is 6.58. The van der Waals surface area contributed by atoms with Crippen molar-refractivity contribution in [2.75, 3.05) is 6.61 Å². The van der Waals surface area contributed by atoms with Gasteiger partial charge in [0.2, 0.25) is 0 Å². The molecule has 0 saturated heterocycles. The Balaban J connectivity index is 0. The summed E-state index contributed by atoms with van der Waals surface area (Å²) in [5, 5.41) is 8.25. The Labute approximate surface area is 66.1 Å². The maximum Gasteiger partial charge on any atom is 0.332 e. The molecule has 1 N–H and O–H groups in total. The standard InChI is InChI=1S/C6H10O3.ClH/c1-3-4-9-5(2)6(7)8;/h3,5H,1,4H2,2H3,(H,7,8);1H. The van der Waals surface area contributed by atoms with Crippen molar-refractivity contribution in [2.24, 2.45) is 0 Å². The fourth-order valence-corrected chi connectivity index (χ4v) is 0.284. The highest BCUT2D eigenvalue weighted by molar-refractivity contribution is 5.85. The molecule has 0 aliphatic heterocycles. The molecule has 0 aliphatic rings. The van der Waals surface area contributed by atoms with Crippen LogP contribution < -0.4 is 0 Å². The summed E-state index contributed by atoms with van der Waals surface area (Å²) < 4.78 is 4.73. The molecule has 0 radical (unpaired) electrons. The van der Waals surface area contributed by atoms with Gasteiger partial charge in [-0.05, 0) is 6.92 Å². The Kier molecular flexibility index (Phi) is 8.00. The van der Waals surface area contributed by atoms with Gasteiger partial charge in [-0.2, -0.15) is 0 Å². The Morgan fingerprint density at radius 3 is 2.70 bits per heavy atom. The van der Waals surface area contributed by atoms with Crippen LogP contribution in [0.4, 0.5) is 0 Å². The Hall–Kier alpha value is -0.540. The minimum absolute atomic E-state index is 0. The molecule has 60 valence electrons. The molecule has 0 aromatic rings. The zero-order valence-electron chi connectivity index (χ0n) is 5.74. The number of rotatable bonds is 4. The molecule has 0 fully saturated rings. The molecule has 3 nitrogen and oxygen atoms in total. The van der Waals surface area contributed by atoms with Gasteiger partial charge < -0.3 is 9.84 Å². The molecule has 0 heterocycles. The third kappa shape index (κ3) is 5.59. The van der Waals surface area contributed by atoms with Gasteiger partial charge in [0.05, 0.1) is 6.61 Å². The van der Waals surface area contributed by atoms with E-state index >= 15 is 0 Å². The lowest BCUT2D eigenvalue weighted by atomic mass is 10.4. The molecule has 0 rings (SSSR count). The van der Waals surface area contributed by atoms with Crippen LogP contribution in [0.2, 0.25) is 0 Å². The van der Waals surface area contributed by atoms with Gasteiger partial charge in [0.1, 0.15) is 0 Å². The lowest BCUT2D eigenvalue weighted by Crippen LogP contribution is -2.19. The summed E-state index contributed by atoms with van der Waals surface area (Å²) in [5.74, 6) is -0.947. The van der Waals surface area contributed by atoms with Gasteiger partial charge in [0.25, 0.3) is 0 Å². The van der Waals surface area contributed by atoms with Gasteiger partial charge in [-0.15, -0.1) is 19.0 Å². The largest absolute Gasteiger partial charge is 0.479 e. The predicted molar refractivity (Wildman–Crippen MR) is 40.5 cm³/mol. The zero-order chi connectivity index (χ0) is 7.28. The quantitative estimate of drug-likeness (QED) is 0.636. The van der Waals surface area contributed by atoms with Crippen LogP contribution in [0, 0.1) is 0 Å². The number of carbonyl (C=O) groups is 1. The number of halogens is 1. The number of carboxylic acids is 1. The van der Waals surface area contributed by atoms with E-state index in [0.717, 1.165) is 0 Å². The maximum atomic E-state index is 10.0.